The van der Waals surface area contributed by atoms with Gasteiger partial charge in [-0.2, -0.15) is 0 Å². The highest BCUT2D eigenvalue weighted by molar-refractivity contribution is 6.00. The van der Waals surface area contributed by atoms with Gasteiger partial charge in [-0.3, -0.25) is 4.79 Å². The van der Waals surface area contributed by atoms with E-state index in [9.17, 15) is 14.3 Å². The second kappa shape index (κ2) is 10.5. The summed E-state index contributed by atoms with van der Waals surface area (Å²) in [6, 6.07) is 24.1. The number of phenolic OH excluding ortho intramolecular Hbond substituents is 1. The average Bonchev–Trinajstić information content (AvgIpc) is 3.52. The summed E-state index contributed by atoms with van der Waals surface area (Å²) in [7, 11) is 4.00. The first kappa shape index (κ1) is 25.6. The van der Waals surface area contributed by atoms with Gasteiger partial charge in [-0.15, -0.1) is 0 Å². The molecule has 0 fully saturated rings. The van der Waals surface area contributed by atoms with Crippen molar-refractivity contribution < 1.29 is 19.0 Å². The van der Waals surface area contributed by atoms with Crippen molar-refractivity contribution >= 4 is 16.9 Å². The van der Waals surface area contributed by atoms with Crippen LogP contribution < -0.4 is 4.74 Å². The lowest BCUT2D eigenvalue weighted by atomic mass is 10.0. The summed E-state index contributed by atoms with van der Waals surface area (Å²) in [5, 5.41) is 10.7. The van der Waals surface area contributed by atoms with Gasteiger partial charge in [0.25, 0.3) is 5.91 Å². The lowest BCUT2D eigenvalue weighted by Crippen LogP contribution is -2.31. The number of para-hydroxylation sites is 2. The summed E-state index contributed by atoms with van der Waals surface area (Å²) in [5.74, 6) is 0.416. The monoisotopic (exact) mass is 536 g/mol. The van der Waals surface area contributed by atoms with E-state index >= 15 is 0 Å². The first-order valence-electron chi connectivity index (χ1n) is 13.1. The average molecular weight is 537 g/mol. The molecule has 6 rings (SSSR count). The fourth-order valence-electron chi connectivity index (χ4n) is 5.11. The number of rotatable bonds is 8. The second-order valence-electron chi connectivity index (χ2n) is 10.2. The van der Waals surface area contributed by atoms with Crippen molar-refractivity contribution in [2.24, 2.45) is 0 Å². The first-order chi connectivity index (χ1) is 19.4. The van der Waals surface area contributed by atoms with Crippen LogP contribution in [0.2, 0.25) is 0 Å². The zero-order chi connectivity index (χ0) is 27.8. The maximum atomic E-state index is 14.4. The molecule has 2 N–H and O–H groups in total. The summed E-state index contributed by atoms with van der Waals surface area (Å²) in [4.78, 5) is 25.6. The van der Waals surface area contributed by atoms with E-state index in [1.54, 1.807) is 4.90 Å². The number of hydrogen-bond donors (Lipinski definition) is 2. The molecule has 4 aromatic carbocycles. The number of amides is 1. The Labute approximate surface area is 231 Å². The number of ether oxygens (including phenoxy) is 1. The van der Waals surface area contributed by atoms with Gasteiger partial charge in [0.05, 0.1) is 11.0 Å². The highest BCUT2D eigenvalue weighted by atomic mass is 19.1. The summed E-state index contributed by atoms with van der Waals surface area (Å²) in [5.41, 5.74) is 5.08. The van der Waals surface area contributed by atoms with E-state index in [-0.39, 0.29) is 17.2 Å². The van der Waals surface area contributed by atoms with Gasteiger partial charge in [-0.1, -0.05) is 36.4 Å². The van der Waals surface area contributed by atoms with Gasteiger partial charge in [0.15, 0.2) is 0 Å². The third kappa shape index (κ3) is 4.89. The fourth-order valence-corrected chi connectivity index (χ4v) is 5.11. The number of phenols is 1. The van der Waals surface area contributed by atoms with E-state index in [1.165, 1.54) is 18.2 Å². The molecule has 0 bridgehead atoms. The first-order valence-corrected chi connectivity index (χ1v) is 13.1. The van der Waals surface area contributed by atoms with Crippen molar-refractivity contribution in [3.63, 3.8) is 0 Å². The molecule has 0 spiro atoms. The third-order valence-corrected chi connectivity index (χ3v) is 7.20. The minimum Gasteiger partial charge on any atom is -0.508 e. The van der Waals surface area contributed by atoms with Crippen LogP contribution in [-0.4, -0.2) is 58.0 Å². The zero-order valence-corrected chi connectivity index (χ0v) is 22.3. The van der Waals surface area contributed by atoms with Crippen LogP contribution in [0, 0.1) is 5.82 Å². The topological polar surface area (TPSA) is 81.7 Å². The number of aromatic nitrogens is 2. The molecule has 1 aliphatic rings. The van der Waals surface area contributed by atoms with Crippen molar-refractivity contribution in [3.05, 3.63) is 113 Å². The van der Waals surface area contributed by atoms with Crippen molar-refractivity contribution in [3.8, 4) is 22.6 Å². The fraction of sp³-hybridized carbons (Fsp3) is 0.188. The number of fused-ring (bicyclic) bond motifs is 2. The van der Waals surface area contributed by atoms with Crippen molar-refractivity contribution in [2.75, 3.05) is 27.2 Å². The number of nitrogens with one attached hydrogen (secondary N) is 1. The van der Waals surface area contributed by atoms with Crippen LogP contribution in [-0.2, 0) is 6.54 Å². The van der Waals surface area contributed by atoms with E-state index in [0.717, 1.165) is 40.0 Å². The van der Waals surface area contributed by atoms with E-state index in [1.807, 2.05) is 80.8 Å². The summed E-state index contributed by atoms with van der Waals surface area (Å²) >= 11 is 0. The molecule has 1 unspecified atom stereocenters. The standard InChI is InChI=1S/C32H29FN4O3/c1-36(2)15-16-40-24-12-9-20(10-13-24)21-7-8-22-19-37(32(39)25(22)17-21)30(26-18-23(33)11-14-29(26)38)31-34-27-5-3-4-6-28(27)35-31/h3-14,17-18,30,38H,15-16,19H2,1-2H3,(H,34,35). The van der Waals surface area contributed by atoms with Crippen molar-refractivity contribution in [1.29, 1.82) is 0 Å². The van der Waals surface area contributed by atoms with Crippen LogP contribution in [0.25, 0.3) is 22.2 Å². The molecule has 5 aromatic rings. The van der Waals surface area contributed by atoms with Gasteiger partial charge in [-0.25, -0.2) is 9.37 Å². The lowest BCUT2D eigenvalue weighted by Gasteiger charge is -2.27. The highest BCUT2D eigenvalue weighted by Gasteiger charge is 2.37. The zero-order valence-electron chi connectivity index (χ0n) is 22.3. The van der Waals surface area contributed by atoms with Gasteiger partial charge in [0.2, 0.25) is 0 Å². The van der Waals surface area contributed by atoms with Gasteiger partial charge < -0.3 is 24.6 Å². The normalized spacial score (nSPS) is 13.7. The van der Waals surface area contributed by atoms with Crippen molar-refractivity contribution in [2.45, 2.75) is 12.6 Å². The van der Waals surface area contributed by atoms with Gasteiger partial charge in [-0.05, 0) is 79.3 Å². The minimum absolute atomic E-state index is 0.107. The molecule has 0 saturated heterocycles. The molecule has 40 heavy (non-hydrogen) atoms. The molecule has 2 heterocycles. The second-order valence-corrected chi connectivity index (χ2v) is 10.2. The minimum atomic E-state index is -0.815. The number of benzene rings is 4. The van der Waals surface area contributed by atoms with Gasteiger partial charge in [0.1, 0.15) is 35.8 Å². The van der Waals surface area contributed by atoms with E-state index in [2.05, 4.69) is 9.88 Å². The molecular formula is C32H29FN4O3. The number of carbonyl (C=O) groups is 1. The number of hydrogen-bond acceptors (Lipinski definition) is 5. The van der Waals surface area contributed by atoms with E-state index < -0.39 is 11.9 Å². The predicted molar refractivity (Wildman–Crippen MR) is 152 cm³/mol. The van der Waals surface area contributed by atoms with Crippen LogP contribution in [0.1, 0.15) is 33.4 Å². The van der Waals surface area contributed by atoms with Crippen LogP contribution in [0.15, 0.2) is 84.9 Å². The molecule has 7 nitrogen and oxygen atoms in total. The largest absolute Gasteiger partial charge is 0.508 e. The van der Waals surface area contributed by atoms with Crippen LogP contribution in [0.3, 0.4) is 0 Å². The number of likely N-dealkylation sites (N-methyl/N-ethyl adjacent to an activating group) is 1. The molecule has 1 aromatic heterocycles. The molecule has 1 amide bonds. The summed E-state index contributed by atoms with van der Waals surface area (Å²) < 4.78 is 20.2. The Bertz CT molecular complexity index is 1660. The number of aromatic amines is 1. The van der Waals surface area contributed by atoms with E-state index in [0.29, 0.717) is 24.5 Å². The van der Waals surface area contributed by atoms with Gasteiger partial charge in [0, 0.05) is 24.2 Å². The summed E-state index contributed by atoms with van der Waals surface area (Å²) in [6.07, 6.45) is 0. The number of halogens is 1. The Morgan fingerprint density at radius 3 is 2.58 bits per heavy atom. The molecule has 1 aliphatic heterocycles. The van der Waals surface area contributed by atoms with Crippen LogP contribution in [0.4, 0.5) is 4.39 Å². The molecular weight excluding hydrogens is 507 g/mol. The van der Waals surface area contributed by atoms with Crippen molar-refractivity contribution in [1.82, 2.24) is 19.8 Å². The van der Waals surface area contributed by atoms with Gasteiger partial charge >= 0.3 is 0 Å². The Morgan fingerprint density at radius 1 is 1.02 bits per heavy atom. The van der Waals surface area contributed by atoms with Crippen LogP contribution in [0.5, 0.6) is 11.5 Å². The maximum absolute atomic E-state index is 14.4. The number of H-pyrrole nitrogens is 1. The molecule has 8 heteroatoms. The molecule has 202 valence electrons. The number of nitrogens with zero attached hydrogens (tertiary/aromatic N) is 3. The number of imidazole rings is 1. The molecule has 1 atom stereocenters. The molecule has 0 radical (unpaired) electrons. The molecule has 0 aliphatic carbocycles. The Balaban J connectivity index is 1.32. The lowest BCUT2D eigenvalue weighted by molar-refractivity contribution is 0.0723. The maximum Gasteiger partial charge on any atom is 0.255 e. The summed E-state index contributed by atoms with van der Waals surface area (Å²) in [6.45, 7) is 1.72. The quantitative estimate of drug-likeness (QED) is 0.264. The highest BCUT2D eigenvalue weighted by Crippen LogP contribution is 2.40. The Hall–Kier alpha value is -4.69. The number of aromatic hydroxyl groups is 1. The Morgan fingerprint density at radius 2 is 1.80 bits per heavy atom. The van der Waals surface area contributed by atoms with Crippen LogP contribution >= 0.6 is 0 Å². The third-order valence-electron chi connectivity index (χ3n) is 7.20. The smallest absolute Gasteiger partial charge is 0.255 e. The number of carbonyl (C=O) groups excluding carboxylic acids is 1. The Kier molecular flexibility index (Phi) is 6.69. The predicted octanol–water partition coefficient (Wildman–Crippen LogP) is 5.76. The van der Waals surface area contributed by atoms with E-state index in [4.69, 9.17) is 9.72 Å². The SMILES string of the molecule is CN(C)CCOc1ccc(-c2ccc3c(c2)C(=O)N(C(c2nc4ccccc4[nH]2)c2cc(F)ccc2O)C3)cc1. The molecule has 0 saturated carbocycles.